The number of hydrogen-bond acceptors (Lipinski definition) is 5. The Morgan fingerprint density at radius 1 is 1.27 bits per heavy atom. The molecule has 1 aromatic heterocycles. The number of amides is 1. The van der Waals surface area contributed by atoms with Crippen molar-refractivity contribution in [2.45, 2.75) is 51.4 Å². The molecule has 1 aliphatic heterocycles. The highest BCUT2D eigenvalue weighted by Gasteiger charge is 2.49. The maximum absolute atomic E-state index is 12.5. The molecule has 1 amide bonds. The van der Waals surface area contributed by atoms with Crippen molar-refractivity contribution < 1.29 is 22.7 Å². The van der Waals surface area contributed by atoms with Gasteiger partial charge in [-0.1, -0.05) is 0 Å². The fraction of sp³-hybridized carbons (Fsp3) is 0.706. The third kappa shape index (κ3) is 4.02. The van der Waals surface area contributed by atoms with Crippen molar-refractivity contribution in [3.8, 4) is 0 Å². The van der Waals surface area contributed by atoms with Gasteiger partial charge in [-0.15, -0.1) is 0 Å². The van der Waals surface area contributed by atoms with E-state index >= 15 is 0 Å². The normalized spacial score (nSPS) is 25.5. The van der Waals surface area contributed by atoms with Crippen molar-refractivity contribution in [1.29, 1.82) is 0 Å². The highest BCUT2D eigenvalue weighted by Crippen LogP contribution is 2.45. The number of halogens is 3. The molecule has 26 heavy (non-hydrogen) atoms. The van der Waals surface area contributed by atoms with E-state index in [-0.39, 0.29) is 18.0 Å². The second-order valence-electron chi connectivity index (χ2n) is 7.87. The third-order valence-electron chi connectivity index (χ3n) is 4.86. The van der Waals surface area contributed by atoms with Crippen LogP contribution in [0.5, 0.6) is 0 Å². The van der Waals surface area contributed by atoms with E-state index in [0.29, 0.717) is 31.1 Å². The summed E-state index contributed by atoms with van der Waals surface area (Å²) in [4.78, 5) is 21.4. The lowest BCUT2D eigenvalue weighted by molar-refractivity contribution is -0.141. The monoisotopic (exact) mass is 372 g/mol. The lowest BCUT2D eigenvalue weighted by Gasteiger charge is -2.34. The van der Waals surface area contributed by atoms with Crippen LogP contribution in [0.3, 0.4) is 0 Å². The number of ether oxygens (including phenoxy) is 1. The van der Waals surface area contributed by atoms with Crippen LogP contribution < -0.4 is 5.32 Å². The van der Waals surface area contributed by atoms with E-state index in [2.05, 4.69) is 15.3 Å². The van der Waals surface area contributed by atoms with Crippen LogP contribution in [-0.4, -0.2) is 45.7 Å². The summed E-state index contributed by atoms with van der Waals surface area (Å²) in [5, 5.41) is 3.01. The Balaban J connectivity index is 1.64. The summed E-state index contributed by atoms with van der Waals surface area (Å²) in [6.45, 7) is 6.52. The third-order valence-corrected chi connectivity index (χ3v) is 4.86. The minimum atomic E-state index is -4.51. The average molecular weight is 372 g/mol. The van der Waals surface area contributed by atoms with Gasteiger partial charge in [-0.2, -0.15) is 13.2 Å². The Morgan fingerprint density at radius 2 is 2.00 bits per heavy atom. The van der Waals surface area contributed by atoms with Gasteiger partial charge in [-0.05, 0) is 45.4 Å². The molecule has 2 fully saturated rings. The minimum Gasteiger partial charge on any atom is -0.444 e. The molecule has 1 aliphatic carbocycles. The standard InChI is InChI=1S/C17H23F3N4O2/c1-16(2,3)26-15(25)24-9-10-4-5-11(10)12(24)6-22-14-8-21-13(7-23-14)17(18,19)20/h7-8,10-12H,4-6,9H2,1-3H3,(H,22,23)/t10?,11-,12+/m0/s1. The molecular weight excluding hydrogens is 349 g/mol. The van der Waals surface area contributed by atoms with Crippen molar-refractivity contribution >= 4 is 11.9 Å². The smallest absolute Gasteiger partial charge is 0.434 e. The van der Waals surface area contributed by atoms with Crippen LogP contribution in [0.15, 0.2) is 12.4 Å². The number of nitrogens with one attached hydrogen (secondary N) is 1. The maximum Gasteiger partial charge on any atom is 0.434 e. The van der Waals surface area contributed by atoms with E-state index < -0.39 is 17.5 Å². The first-order valence-corrected chi connectivity index (χ1v) is 8.67. The summed E-state index contributed by atoms with van der Waals surface area (Å²) in [5.74, 6) is 1.11. The van der Waals surface area contributed by atoms with Crippen LogP contribution >= 0.6 is 0 Å². The molecule has 9 heteroatoms. The summed E-state index contributed by atoms with van der Waals surface area (Å²) < 4.78 is 43.1. The molecule has 6 nitrogen and oxygen atoms in total. The van der Waals surface area contributed by atoms with Gasteiger partial charge < -0.3 is 15.0 Å². The second-order valence-corrected chi connectivity index (χ2v) is 7.87. The molecule has 144 valence electrons. The van der Waals surface area contributed by atoms with E-state index in [4.69, 9.17) is 4.74 Å². The number of likely N-dealkylation sites (tertiary alicyclic amines) is 1. The molecule has 2 heterocycles. The maximum atomic E-state index is 12.5. The fourth-order valence-electron chi connectivity index (χ4n) is 3.51. The summed E-state index contributed by atoms with van der Waals surface area (Å²) in [6, 6.07) is -0.0623. The van der Waals surface area contributed by atoms with Gasteiger partial charge in [0.25, 0.3) is 0 Å². The van der Waals surface area contributed by atoms with E-state index in [1.54, 1.807) is 4.90 Å². The number of alkyl halides is 3. The van der Waals surface area contributed by atoms with Gasteiger partial charge in [-0.25, -0.2) is 14.8 Å². The molecule has 1 N–H and O–H groups in total. The molecule has 0 aromatic carbocycles. The Kier molecular flexibility index (Phi) is 4.74. The van der Waals surface area contributed by atoms with Crippen molar-refractivity contribution in [2.24, 2.45) is 11.8 Å². The Hall–Kier alpha value is -2.06. The molecular formula is C17H23F3N4O2. The van der Waals surface area contributed by atoms with E-state index in [9.17, 15) is 18.0 Å². The van der Waals surface area contributed by atoms with E-state index in [1.165, 1.54) is 0 Å². The first kappa shape index (κ1) is 18.7. The summed E-state index contributed by atoms with van der Waals surface area (Å²) in [6.07, 6.45) is -0.973. The highest BCUT2D eigenvalue weighted by molar-refractivity contribution is 5.69. The van der Waals surface area contributed by atoms with Crippen LogP contribution in [-0.2, 0) is 10.9 Å². The average Bonchev–Trinajstić information content (AvgIpc) is 2.73. The topological polar surface area (TPSA) is 67.3 Å². The van der Waals surface area contributed by atoms with Crippen molar-refractivity contribution in [2.75, 3.05) is 18.4 Å². The molecule has 2 aliphatic rings. The van der Waals surface area contributed by atoms with Crippen molar-refractivity contribution in [1.82, 2.24) is 14.9 Å². The van der Waals surface area contributed by atoms with Gasteiger partial charge in [0.15, 0.2) is 5.69 Å². The lowest BCUT2D eigenvalue weighted by atomic mass is 9.73. The zero-order valence-electron chi connectivity index (χ0n) is 15.0. The van der Waals surface area contributed by atoms with Crippen LogP contribution in [0.2, 0.25) is 0 Å². The largest absolute Gasteiger partial charge is 0.444 e. The molecule has 1 saturated heterocycles. The van der Waals surface area contributed by atoms with Crippen LogP contribution in [0, 0.1) is 11.8 Å². The number of carbonyl (C=O) groups excluding carboxylic acids is 1. The number of nitrogens with zero attached hydrogens (tertiary/aromatic N) is 3. The van der Waals surface area contributed by atoms with E-state index in [1.807, 2.05) is 20.8 Å². The summed E-state index contributed by atoms with van der Waals surface area (Å²) >= 11 is 0. The number of carbonyl (C=O) groups is 1. The second kappa shape index (κ2) is 6.59. The van der Waals surface area contributed by atoms with E-state index in [0.717, 1.165) is 19.0 Å². The van der Waals surface area contributed by atoms with Gasteiger partial charge in [0.1, 0.15) is 11.4 Å². The fourth-order valence-corrected chi connectivity index (χ4v) is 3.51. The molecule has 1 aromatic rings. The number of hydrogen-bond donors (Lipinski definition) is 1. The lowest BCUT2D eigenvalue weighted by Crippen LogP contribution is -2.45. The molecule has 0 radical (unpaired) electrons. The molecule has 1 saturated carbocycles. The predicted molar refractivity (Wildman–Crippen MR) is 88.5 cm³/mol. The number of anilines is 1. The van der Waals surface area contributed by atoms with Crippen molar-refractivity contribution in [3.63, 3.8) is 0 Å². The summed E-state index contributed by atoms with van der Waals surface area (Å²) in [5.41, 5.74) is -1.60. The first-order valence-electron chi connectivity index (χ1n) is 8.67. The minimum absolute atomic E-state index is 0.0623. The molecule has 0 bridgehead atoms. The van der Waals surface area contributed by atoms with Crippen molar-refractivity contribution in [3.05, 3.63) is 18.1 Å². The zero-order chi connectivity index (χ0) is 19.1. The Morgan fingerprint density at radius 3 is 2.50 bits per heavy atom. The van der Waals surface area contributed by atoms with Crippen LogP contribution in [0.4, 0.5) is 23.8 Å². The van der Waals surface area contributed by atoms with Gasteiger partial charge in [0.2, 0.25) is 0 Å². The Bertz CT molecular complexity index is 657. The van der Waals surface area contributed by atoms with Gasteiger partial charge in [0.05, 0.1) is 18.4 Å². The van der Waals surface area contributed by atoms with Crippen LogP contribution in [0.1, 0.15) is 39.3 Å². The first-order chi connectivity index (χ1) is 12.0. The van der Waals surface area contributed by atoms with Gasteiger partial charge >= 0.3 is 12.3 Å². The number of fused-ring (bicyclic) bond motifs is 1. The number of aromatic nitrogens is 2. The zero-order valence-corrected chi connectivity index (χ0v) is 15.0. The molecule has 3 rings (SSSR count). The van der Waals surface area contributed by atoms with Crippen LogP contribution in [0.25, 0.3) is 0 Å². The highest BCUT2D eigenvalue weighted by atomic mass is 19.4. The predicted octanol–water partition coefficient (Wildman–Crippen LogP) is 3.55. The quantitative estimate of drug-likeness (QED) is 0.879. The Labute approximate surface area is 150 Å². The molecule has 3 atom stereocenters. The molecule has 1 unspecified atom stereocenters. The SMILES string of the molecule is CC(C)(C)OC(=O)N1CC2CC[C@@H]2[C@H]1CNc1cnc(C(F)(F)F)cn1. The summed E-state index contributed by atoms with van der Waals surface area (Å²) in [7, 11) is 0. The van der Waals surface area contributed by atoms with Gasteiger partial charge in [-0.3, -0.25) is 0 Å². The molecule has 0 spiro atoms. The number of rotatable bonds is 3. The van der Waals surface area contributed by atoms with Gasteiger partial charge in [0, 0.05) is 13.1 Å².